The van der Waals surface area contributed by atoms with Gasteiger partial charge in [0.25, 0.3) is 0 Å². The Hall–Kier alpha value is -0.830. The molecule has 0 radical (unpaired) electrons. The summed E-state index contributed by atoms with van der Waals surface area (Å²) in [5, 5.41) is 0. The molecule has 3 heteroatoms. The summed E-state index contributed by atoms with van der Waals surface area (Å²) in [6.45, 7) is 9.46. The summed E-state index contributed by atoms with van der Waals surface area (Å²) in [6, 6.07) is 0. The average Bonchev–Trinajstić information content (AvgIpc) is 2.54. The quantitative estimate of drug-likeness (QED) is 0.548. The van der Waals surface area contributed by atoms with Crippen LogP contribution in [0.5, 0.6) is 0 Å². The van der Waals surface area contributed by atoms with Gasteiger partial charge in [-0.15, -0.1) is 0 Å². The van der Waals surface area contributed by atoms with E-state index in [0.717, 1.165) is 13.0 Å². The summed E-state index contributed by atoms with van der Waals surface area (Å²) in [5.41, 5.74) is 1.29. The van der Waals surface area contributed by atoms with Gasteiger partial charge in [-0.1, -0.05) is 25.5 Å². The Labute approximate surface area is 103 Å². The van der Waals surface area contributed by atoms with E-state index in [4.69, 9.17) is 9.47 Å². The Morgan fingerprint density at radius 2 is 2.29 bits per heavy atom. The van der Waals surface area contributed by atoms with Crippen molar-refractivity contribution in [1.82, 2.24) is 0 Å². The Kier molecular flexibility index (Phi) is 3.30. The van der Waals surface area contributed by atoms with Gasteiger partial charge in [-0.25, -0.2) is 0 Å². The van der Waals surface area contributed by atoms with Gasteiger partial charge in [0.15, 0.2) is 0 Å². The van der Waals surface area contributed by atoms with E-state index in [1.165, 1.54) is 5.57 Å². The third-order valence-corrected chi connectivity index (χ3v) is 3.92. The first-order chi connectivity index (χ1) is 7.95. The lowest BCUT2D eigenvalue weighted by molar-refractivity contribution is -0.152. The normalized spacial score (nSPS) is 35.1. The zero-order chi connectivity index (χ0) is 12.6. The number of hydrogen-bond donors (Lipinski definition) is 0. The molecule has 3 atom stereocenters. The summed E-state index contributed by atoms with van der Waals surface area (Å²) in [6.07, 6.45) is 3.08. The SMILES string of the molecule is CCOC(=O)[C@@H]1CC(C)=C[C@@H]2OCC(C)(C)[C@H]21. The molecule has 0 bridgehead atoms. The summed E-state index contributed by atoms with van der Waals surface area (Å²) in [5.74, 6) is 0.154. The first kappa shape index (κ1) is 12.6. The molecule has 0 aromatic heterocycles. The van der Waals surface area contributed by atoms with Crippen LogP contribution in [0.2, 0.25) is 0 Å². The van der Waals surface area contributed by atoms with E-state index in [1.807, 2.05) is 6.92 Å². The molecule has 0 unspecified atom stereocenters. The van der Waals surface area contributed by atoms with Crippen molar-refractivity contribution in [2.24, 2.45) is 17.3 Å². The molecule has 0 saturated carbocycles. The molecule has 2 aliphatic rings. The van der Waals surface area contributed by atoms with E-state index in [0.29, 0.717) is 6.61 Å². The second kappa shape index (κ2) is 4.45. The minimum atomic E-state index is -0.0616. The fourth-order valence-corrected chi connectivity index (χ4v) is 3.18. The minimum Gasteiger partial charge on any atom is -0.466 e. The largest absolute Gasteiger partial charge is 0.466 e. The summed E-state index contributed by atoms with van der Waals surface area (Å²) >= 11 is 0. The number of carbonyl (C=O) groups excluding carboxylic acids is 1. The van der Waals surface area contributed by atoms with Gasteiger partial charge in [0.2, 0.25) is 0 Å². The highest BCUT2D eigenvalue weighted by Gasteiger charge is 2.50. The second-order valence-corrected chi connectivity index (χ2v) is 5.87. The van der Waals surface area contributed by atoms with Crippen LogP contribution in [0, 0.1) is 17.3 Å². The van der Waals surface area contributed by atoms with Gasteiger partial charge >= 0.3 is 5.97 Å². The number of allylic oxidation sites excluding steroid dienone is 1. The zero-order valence-electron chi connectivity index (χ0n) is 11.2. The van der Waals surface area contributed by atoms with Crippen LogP contribution in [-0.4, -0.2) is 25.3 Å². The van der Waals surface area contributed by atoms with Crippen molar-refractivity contribution in [3.8, 4) is 0 Å². The predicted octanol–water partition coefficient (Wildman–Crippen LogP) is 2.56. The lowest BCUT2D eigenvalue weighted by atomic mass is 9.67. The molecule has 2 rings (SSSR count). The number of esters is 1. The monoisotopic (exact) mass is 238 g/mol. The molecule has 1 fully saturated rings. The molecule has 1 saturated heterocycles. The maximum absolute atomic E-state index is 12.1. The Morgan fingerprint density at radius 3 is 2.94 bits per heavy atom. The maximum Gasteiger partial charge on any atom is 0.309 e. The molecule has 1 aliphatic carbocycles. The van der Waals surface area contributed by atoms with Crippen molar-refractivity contribution in [3.05, 3.63) is 11.6 Å². The summed E-state index contributed by atoms with van der Waals surface area (Å²) in [4.78, 5) is 12.1. The number of fused-ring (bicyclic) bond motifs is 1. The van der Waals surface area contributed by atoms with Crippen LogP contribution < -0.4 is 0 Å². The molecular weight excluding hydrogens is 216 g/mol. The van der Waals surface area contributed by atoms with Crippen LogP contribution in [0.3, 0.4) is 0 Å². The molecule has 0 aromatic rings. The van der Waals surface area contributed by atoms with Crippen LogP contribution in [0.1, 0.15) is 34.1 Å². The van der Waals surface area contributed by atoms with Gasteiger partial charge in [0, 0.05) is 5.92 Å². The maximum atomic E-state index is 12.1. The van der Waals surface area contributed by atoms with Crippen molar-refractivity contribution in [1.29, 1.82) is 0 Å². The molecular formula is C14H22O3. The third-order valence-electron chi connectivity index (χ3n) is 3.92. The first-order valence-electron chi connectivity index (χ1n) is 6.41. The number of rotatable bonds is 2. The second-order valence-electron chi connectivity index (χ2n) is 5.87. The predicted molar refractivity (Wildman–Crippen MR) is 65.5 cm³/mol. The van der Waals surface area contributed by atoms with Gasteiger partial charge in [0.05, 0.1) is 25.2 Å². The molecule has 0 amide bonds. The molecule has 3 nitrogen and oxygen atoms in total. The van der Waals surface area contributed by atoms with Gasteiger partial charge in [-0.3, -0.25) is 4.79 Å². The number of carbonyl (C=O) groups is 1. The minimum absolute atomic E-state index is 0.0394. The lowest BCUT2D eigenvalue weighted by Crippen LogP contribution is -2.40. The Balaban J connectivity index is 2.25. The Bertz CT molecular complexity index is 343. The Morgan fingerprint density at radius 1 is 1.59 bits per heavy atom. The number of ether oxygens (including phenoxy) is 2. The van der Waals surface area contributed by atoms with Crippen molar-refractivity contribution in [2.45, 2.75) is 40.2 Å². The van der Waals surface area contributed by atoms with E-state index in [9.17, 15) is 4.79 Å². The standard InChI is InChI=1S/C14H22O3/c1-5-16-13(15)10-6-9(2)7-11-12(10)14(3,4)8-17-11/h7,10-12H,5-6,8H2,1-4H3/t10-,11+,12+/m1/s1. The van der Waals surface area contributed by atoms with Crippen LogP contribution in [-0.2, 0) is 14.3 Å². The fourth-order valence-electron chi connectivity index (χ4n) is 3.18. The molecule has 1 heterocycles. The molecule has 0 spiro atoms. The van der Waals surface area contributed by atoms with E-state index in [-0.39, 0.29) is 29.3 Å². The van der Waals surface area contributed by atoms with Crippen LogP contribution in [0.15, 0.2) is 11.6 Å². The van der Waals surface area contributed by atoms with E-state index < -0.39 is 0 Å². The lowest BCUT2D eigenvalue weighted by Gasteiger charge is -2.36. The van der Waals surface area contributed by atoms with Gasteiger partial charge in [-0.2, -0.15) is 0 Å². The van der Waals surface area contributed by atoms with Crippen LogP contribution >= 0.6 is 0 Å². The number of hydrogen-bond acceptors (Lipinski definition) is 3. The van der Waals surface area contributed by atoms with Crippen LogP contribution in [0.4, 0.5) is 0 Å². The van der Waals surface area contributed by atoms with Crippen molar-refractivity contribution < 1.29 is 14.3 Å². The topological polar surface area (TPSA) is 35.5 Å². The van der Waals surface area contributed by atoms with Gasteiger partial charge in [-0.05, 0) is 25.7 Å². The molecule has 17 heavy (non-hydrogen) atoms. The highest BCUT2D eigenvalue weighted by atomic mass is 16.5. The van der Waals surface area contributed by atoms with Crippen molar-refractivity contribution in [2.75, 3.05) is 13.2 Å². The molecule has 96 valence electrons. The molecule has 0 aromatic carbocycles. The van der Waals surface area contributed by atoms with Gasteiger partial charge in [0.1, 0.15) is 0 Å². The fraction of sp³-hybridized carbons (Fsp3) is 0.786. The van der Waals surface area contributed by atoms with Gasteiger partial charge < -0.3 is 9.47 Å². The summed E-state index contributed by atoms with van der Waals surface area (Å²) < 4.78 is 11.0. The molecule has 1 aliphatic heterocycles. The third kappa shape index (κ3) is 2.25. The van der Waals surface area contributed by atoms with Crippen molar-refractivity contribution >= 4 is 5.97 Å². The highest BCUT2D eigenvalue weighted by molar-refractivity contribution is 5.74. The highest BCUT2D eigenvalue weighted by Crippen LogP contribution is 2.48. The van der Waals surface area contributed by atoms with Crippen LogP contribution in [0.25, 0.3) is 0 Å². The first-order valence-corrected chi connectivity index (χ1v) is 6.41. The van der Waals surface area contributed by atoms with E-state index in [2.05, 4.69) is 26.8 Å². The average molecular weight is 238 g/mol. The van der Waals surface area contributed by atoms with E-state index >= 15 is 0 Å². The summed E-state index contributed by atoms with van der Waals surface area (Å²) in [7, 11) is 0. The smallest absolute Gasteiger partial charge is 0.309 e. The van der Waals surface area contributed by atoms with E-state index in [1.54, 1.807) is 0 Å². The molecule has 0 N–H and O–H groups in total. The zero-order valence-corrected chi connectivity index (χ0v) is 11.2. The van der Waals surface area contributed by atoms with Crippen molar-refractivity contribution in [3.63, 3.8) is 0 Å².